The second kappa shape index (κ2) is 6.30. The molecule has 0 saturated heterocycles. The van der Waals surface area contributed by atoms with Crippen LogP contribution in [0.1, 0.15) is 32.1 Å². The van der Waals surface area contributed by atoms with Crippen LogP contribution in [-0.4, -0.2) is 22.6 Å². The minimum absolute atomic E-state index is 0.102. The van der Waals surface area contributed by atoms with E-state index in [1.54, 1.807) is 0 Å². The summed E-state index contributed by atoms with van der Waals surface area (Å²) in [7, 11) is 0. The van der Waals surface area contributed by atoms with Crippen molar-refractivity contribution in [2.45, 2.75) is 37.6 Å². The third-order valence-corrected chi connectivity index (χ3v) is 3.98. The second-order valence-corrected chi connectivity index (χ2v) is 5.56. The van der Waals surface area contributed by atoms with Crippen LogP contribution in [0.15, 0.2) is 18.2 Å². The molecule has 1 aliphatic carbocycles. The van der Waals surface area contributed by atoms with E-state index in [1.807, 2.05) is 0 Å². The molecule has 0 atom stereocenters. The summed E-state index contributed by atoms with van der Waals surface area (Å²) in [4.78, 5) is 23.4. The van der Waals surface area contributed by atoms with E-state index in [1.165, 1.54) is 12.1 Å². The van der Waals surface area contributed by atoms with E-state index in [4.69, 9.17) is 11.6 Å². The van der Waals surface area contributed by atoms with Crippen molar-refractivity contribution < 1.29 is 19.1 Å². The standard InChI is InChI=1S/C14H16ClFN2O3/c15-10-5-4-9(16)8-11(10)17-13(21)18-14(12(19)20)6-2-1-3-7-14/h4-5,8H,1-3,6-7H2,(H,19,20)(H2,17,18,21). The Kier molecular flexibility index (Phi) is 4.67. The quantitative estimate of drug-likeness (QED) is 0.800. The van der Waals surface area contributed by atoms with Crippen molar-refractivity contribution >= 4 is 29.3 Å². The van der Waals surface area contributed by atoms with Crippen molar-refractivity contribution in [3.63, 3.8) is 0 Å². The van der Waals surface area contributed by atoms with E-state index in [0.717, 1.165) is 25.3 Å². The SMILES string of the molecule is O=C(Nc1cc(F)ccc1Cl)NC1(C(=O)O)CCCCC1. The molecular formula is C14H16ClFN2O3. The van der Waals surface area contributed by atoms with E-state index in [2.05, 4.69) is 10.6 Å². The molecule has 21 heavy (non-hydrogen) atoms. The molecule has 2 amide bonds. The van der Waals surface area contributed by atoms with Crippen LogP contribution in [-0.2, 0) is 4.79 Å². The van der Waals surface area contributed by atoms with Gasteiger partial charge in [0.2, 0.25) is 0 Å². The van der Waals surface area contributed by atoms with Crippen LogP contribution < -0.4 is 10.6 Å². The summed E-state index contributed by atoms with van der Waals surface area (Å²) in [5.41, 5.74) is -1.16. The van der Waals surface area contributed by atoms with Gasteiger partial charge in [-0.15, -0.1) is 0 Å². The largest absolute Gasteiger partial charge is 0.480 e. The lowest BCUT2D eigenvalue weighted by Gasteiger charge is -2.33. The zero-order valence-electron chi connectivity index (χ0n) is 11.3. The maximum absolute atomic E-state index is 13.1. The predicted molar refractivity (Wildman–Crippen MR) is 77.0 cm³/mol. The Hall–Kier alpha value is -1.82. The molecule has 0 spiro atoms. The van der Waals surface area contributed by atoms with E-state index < -0.39 is 23.4 Å². The summed E-state index contributed by atoms with van der Waals surface area (Å²) >= 11 is 5.85. The molecule has 1 fully saturated rings. The van der Waals surface area contributed by atoms with Gasteiger partial charge in [0, 0.05) is 0 Å². The number of anilines is 1. The van der Waals surface area contributed by atoms with Gasteiger partial charge < -0.3 is 15.7 Å². The Bertz CT molecular complexity index is 559. The fourth-order valence-corrected chi connectivity index (χ4v) is 2.68. The summed E-state index contributed by atoms with van der Waals surface area (Å²) in [6.45, 7) is 0. The molecule has 1 aromatic rings. The highest BCUT2D eigenvalue weighted by Crippen LogP contribution is 2.29. The van der Waals surface area contributed by atoms with Gasteiger partial charge in [-0.3, -0.25) is 0 Å². The number of carbonyl (C=O) groups excluding carboxylic acids is 1. The van der Waals surface area contributed by atoms with E-state index in [9.17, 15) is 19.1 Å². The topological polar surface area (TPSA) is 78.4 Å². The number of halogens is 2. The normalized spacial score (nSPS) is 17.0. The van der Waals surface area contributed by atoms with Crippen LogP contribution in [0, 0.1) is 5.82 Å². The molecule has 0 heterocycles. The van der Waals surface area contributed by atoms with Crippen LogP contribution in [0.25, 0.3) is 0 Å². The van der Waals surface area contributed by atoms with Crippen molar-refractivity contribution in [1.82, 2.24) is 5.32 Å². The maximum atomic E-state index is 13.1. The lowest BCUT2D eigenvalue weighted by molar-refractivity contribution is -0.145. The molecule has 7 heteroatoms. The number of aliphatic carboxylic acids is 1. The van der Waals surface area contributed by atoms with Gasteiger partial charge in [0.25, 0.3) is 0 Å². The summed E-state index contributed by atoms with van der Waals surface area (Å²) in [6, 6.07) is 2.87. The van der Waals surface area contributed by atoms with E-state index in [-0.39, 0.29) is 10.7 Å². The summed E-state index contributed by atoms with van der Waals surface area (Å²) < 4.78 is 13.1. The first-order valence-corrected chi connectivity index (χ1v) is 7.08. The summed E-state index contributed by atoms with van der Waals surface area (Å²) in [5.74, 6) is -1.59. The third kappa shape index (κ3) is 3.64. The lowest BCUT2D eigenvalue weighted by Crippen LogP contribution is -2.56. The molecular weight excluding hydrogens is 299 g/mol. The van der Waals surface area contributed by atoms with E-state index >= 15 is 0 Å². The molecule has 0 radical (unpaired) electrons. The Balaban J connectivity index is 2.09. The van der Waals surface area contributed by atoms with Crippen LogP contribution in [0.2, 0.25) is 5.02 Å². The van der Waals surface area contributed by atoms with Crippen molar-refractivity contribution in [2.75, 3.05) is 5.32 Å². The fraction of sp³-hybridized carbons (Fsp3) is 0.429. The zero-order valence-corrected chi connectivity index (χ0v) is 12.0. The smallest absolute Gasteiger partial charge is 0.329 e. The number of urea groups is 1. The Morgan fingerprint density at radius 2 is 1.90 bits per heavy atom. The minimum Gasteiger partial charge on any atom is -0.480 e. The van der Waals surface area contributed by atoms with Gasteiger partial charge in [0.15, 0.2) is 0 Å². The molecule has 0 unspecified atom stereocenters. The molecule has 0 aromatic heterocycles. The van der Waals surface area contributed by atoms with Gasteiger partial charge in [-0.1, -0.05) is 30.9 Å². The Morgan fingerprint density at radius 3 is 2.52 bits per heavy atom. The second-order valence-electron chi connectivity index (χ2n) is 5.15. The Labute approximate surface area is 126 Å². The van der Waals surface area contributed by atoms with Crippen LogP contribution >= 0.6 is 11.6 Å². The highest BCUT2D eigenvalue weighted by molar-refractivity contribution is 6.33. The van der Waals surface area contributed by atoms with Gasteiger partial charge in [-0.05, 0) is 31.0 Å². The van der Waals surface area contributed by atoms with Crippen molar-refractivity contribution in [3.05, 3.63) is 29.0 Å². The maximum Gasteiger partial charge on any atom is 0.329 e. The highest BCUT2D eigenvalue weighted by atomic mass is 35.5. The highest BCUT2D eigenvalue weighted by Gasteiger charge is 2.41. The molecule has 1 aromatic carbocycles. The average Bonchev–Trinajstić information content (AvgIpc) is 2.43. The first kappa shape index (κ1) is 15.6. The number of benzene rings is 1. The number of hydrogen-bond acceptors (Lipinski definition) is 2. The number of rotatable bonds is 3. The number of carboxylic acid groups (broad SMARTS) is 1. The van der Waals surface area contributed by atoms with Crippen molar-refractivity contribution in [1.29, 1.82) is 0 Å². The monoisotopic (exact) mass is 314 g/mol. The van der Waals surface area contributed by atoms with Crippen LogP contribution in [0.5, 0.6) is 0 Å². The molecule has 0 bridgehead atoms. The lowest BCUT2D eigenvalue weighted by atomic mass is 9.82. The number of hydrogen-bond donors (Lipinski definition) is 3. The third-order valence-electron chi connectivity index (χ3n) is 3.65. The molecule has 0 aliphatic heterocycles. The molecule has 1 aliphatic rings. The molecule has 2 rings (SSSR count). The molecule has 3 N–H and O–H groups in total. The van der Waals surface area contributed by atoms with E-state index in [0.29, 0.717) is 12.8 Å². The van der Waals surface area contributed by atoms with Gasteiger partial charge in [-0.2, -0.15) is 0 Å². The minimum atomic E-state index is -1.26. The molecule has 5 nitrogen and oxygen atoms in total. The van der Waals surface area contributed by atoms with Gasteiger partial charge >= 0.3 is 12.0 Å². The number of carbonyl (C=O) groups is 2. The van der Waals surface area contributed by atoms with Crippen molar-refractivity contribution in [2.24, 2.45) is 0 Å². The first-order valence-electron chi connectivity index (χ1n) is 6.70. The first-order chi connectivity index (χ1) is 9.93. The predicted octanol–water partition coefficient (Wildman–Crippen LogP) is 3.39. The Morgan fingerprint density at radius 1 is 1.24 bits per heavy atom. The molecule has 1 saturated carbocycles. The van der Waals surface area contributed by atoms with Crippen LogP contribution in [0.3, 0.4) is 0 Å². The summed E-state index contributed by atoms with van der Waals surface area (Å²) in [6.07, 6.45) is 3.20. The average molecular weight is 315 g/mol. The van der Waals surface area contributed by atoms with Crippen LogP contribution in [0.4, 0.5) is 14.9 Å². The van der Waals surface area contributed by atoms with Gasteiger partial charge in [-0.25, -0.2) is 14.0 Å². The molecule has 114 valence electrons. The van der Waals surface area contributed by atoms with Gasteiger partial charge in [0.1, 0.15) is 11.4 Å². The number of amides is 2. The zero-order chi connectivity index (χ0) is 15.5. The fourth-order valence-electron chi connectivity index (χ4n) is 2.51. The summed E-state index contributed by atoms with van der Waals surface area (Å²) in [5, 5.41) is 14.4. The van der Waals surface area contributed by atoms with Crippen molar-refractivity contribution in [3.8, 4) is 0 Å². The number of carboxylic acids is 1. The van der Waals surface area contributed by atoms with Gasteiger partial charge in [0.05, 0.1) is 10.7 Å². The number of nitrogens with one attached hydrogen (secondary N) is 2.